The average molecular weight is 334 g/mol. The molecule has 1 amide bonds. The van der Waals surface area contributed by atoms with Crippen LogP contribution >= 0.6 is 11.6 Å². The number of rotatable bonds is 5. The Hall–Kier alpha value is -2.09. The van der Waals surface area contributed by atoms with E-state index >= 15 is 0 Å². The molecule has 0 saturated carbocycles. The van der Waals surface area contributed by atoms with Gasteiger partial charge >= 0.3 is 6.09 Å². The van der Waals surface area contributed by atoms with Gasteiger partial charge in [0.15, 0.2) is 0 Å². The number of halogens is 2. The molecule has 22 heavy (non-hydrogen) atoms. The molecule has 0 aliphatic carbocycles. The van der Waals surface area contributed by atoms with Crippen molar-refractivity contribution in [3.8, 4) is 0 Å². The van der Waals surface area contributed by atoms with Crippen molar-refractivity contribution in [2.75, 3.05) is 18.4 Å². The smallest absolute Gasteiger partial charge is 0.407 e. The Balaban J connectivity index is 2.57. The van der Waals surface area contributed by atoms with Gasteiger partial charge in [-0.15, -0.1) is 0 Å². The van der Waals surface area contributed by atoms with Gasteiger partial charge in [0.2, 0.25) is 0 Å². The number of carbonyl (C=O) groups is 1. The largest absolute Gasteiger partial charge is 0.444 e. The lowest BCUT2D eigenvalue weighted by Crippen LogP contribution is -2.35. The van der Waals surface area contributed by atoms with Gasteiger partial charge in [-0.05, 0) is 20.8 Å². The fraction of sp³-hybridized carbons (Fsp3) is 0.462. The second-order valence-electron chi connectivity index (χ2n) is 5.40. The molecule has 0 aliphatic heterocycles. The molecule has 0 radical (unpaired) electrons. The molecular weight excluding hydrogens is 317 g/mol. The maximum atomic E-state index is 13.4. The van der Waals surface area contributed by atoms with Crippen LogP contribution in [0.1, 0.15) is 20.8 Å². The van der Waals surface area contributed by atoms with Crippen molar-refractivity contribution in [3.05, 3.63) is 33.1 Å². The van der Waals surface area contributed by atoms with E-state index in [0.717, 1.165) is 12.1 Å². The minimum atomic E-state index is -0.769. The van der Waals surface area contributed by atoms with E-state index in [1.54, 1.807) is 20.8 Å². The first-order chi connectivity index (χ1) is 10.1. The molecule has 0 unspecified atom stereocenters. The van der Waals surface area contributed by atoms with E-state index in [1.165, 1.54) is 0 Å². The minimum absolute atomic E-state index is 0.0158. The summed E-state index contributed by atoms with van der Waals surface area (Å²) < 4.78 is 18.4. The Morgan fingerprint density at radius 3 is 2.59 bits per heavy atom. The Morgan fingerprint density at radius 2 is 2.05 bits per heavy atom. The summed E-state index contributed by atoms with van der Waals surface area (Å²) in [6, 6.07) is 1.87. The summed E-state index contributed by atoms with van der Waals surface area (Å²) in [6.45, 7) is 5.48. The Kier molecular flexibility index (Phi) is 5.92. The molecule has 0 fully saturated rings. The Labute approximate surface area is 131 Å². The van der Waals surface area contributed by atoms with E-state index in [0.29, 0.717) is 0 Å². The van der Waals surface area contributed by atoms with Crippen molar-refractivity contribution >= 4 is 29.1 Å². The van der Waals surface area contributed by atoms with Crippen LogP contribution in [0.3, 0.4) is 0 Å². The number of nitro groups is 1. The number of nitrogens with one attached hydrogen (secondary N) is 2. The lowest BCUT2D eigenvalue weighted by Gasteiger charge is -2.19. The predicted molar refractivity (Wildman–Crippen MR) is 80.8 cm³/mol. The number of nitro benzene ring substituents is 1. The van der Waals surface area contributed by atoms with Crippen LogP contribution in [0.2, 0.25) is 5.02 Å². The van der Waals surface area contributed by atoms with Crippen LogP contribution in [0.5, 0.6) is 0 Å². The van der Waals surface area contributed by atoms with Gasteiger partial charge in [0.1, 0.15) is 17.1 Å². The second kappa shape index (κ2) is 7.26. The number of ether oxygens (including phenoxy) is 1. The maximum absolute atomic E-state index is 13.4. The Bertz CT molecular complexity index is 575. The fourth-order valence-electron chi connectivity index (χ4n) is 1.50. The van der Waals surface area contributed by atoms with Crippen LogP contribution in [0.4, 0.5) is 20.6 Å². The van der Waals surface area contributed by atoms with Gasteiger partial charge in [0, 0.05) is 25.2 Å². The van der Waals surface area contributed by atoms with Crippen molar-refractivity contribution in [2.45, 2.75) is 26.4 Å². The molecule has 0 bridgehead atoms. The number of hydrogen-bond acceptors (Lipinski definition) is 5. The molecule has 1 aromatic carbocycles. The summed E-state index contributed by atoms with van der Waals surface area (Å²) in [5.74, 6) is -0.769. The van der Waals surface area contributed by atoms with Crippen molar-refractivity contribution in [1.82, 2.24) is 5.32 Å². The van der Waals surface area contributed by atoms with Gasteiger partial charge in [-0.2, -0.15) is 0 Å². The second-order valence-corrected chi connectivity index (χ2v) is 5.80. The SMILES string of the molecule is CC(C)(C)OC(=O)NCCNc1cc(F)c(Cl)cc1[N+](=O)[O-]. The Morgan fingerprint density at radius 1 is 1.41 bits per heavy atom. The quantitative estimate of drug-likeness (QED) is 0.489. The van der Waals surface area contributed by atoms with Crippen molar-refractivity contribution in [3.63, 3.8) is 0 Å². The van der Waals surface area contributed by atoms with Crippen molar-refractivity contribution in [2.24, 2.45) is 0 Å². The highest BCUT2D eigenvalue weighted by molar-refractivity contribution is 6.31. The standard InChI is InChI=1S/C13H17ClFN3O4/c1-13(2,3)22-12(19)17-5-4-16-10-7-9(15)8(14)6-11(10)18(20)21/h6-7,16H,4-5H2,1-3H3,(H,17,19). The number of amides is 1. The molecule has 122 valence electrons. The van der Waals surface area contributed by atoms with Crippen molar-refractivity contribution < 1.29 is 18.8 Å². The first-order valence-electron chi connectivity index (χ1n) is 6.44. The molecule has 0 saturated heterocycles. The van der Waals surface area contributed by atoms with Crippen molar-refractivity contribution in [1.29, 1.82) is 0 Å². The maximum Gasteiger partial charge on any atom is 0.407 e. The highest BCUT2D eigenvalue weighted by Gasteiger charge is 2.18. The summed E-state index contributed by atoms with van der Waals surface area (Å²) in [4.78, 5) is 21.6. The van der Waals surface area contributed by atoms with Crippen LogP contribution in [0, 0.1) is 15.9 Å². The zero-order chi connectivity index (χ0) is 16.9. The molecule has 0 aliphatic rings. The van der Waals surface area contributed by atoms with E-state index < -0.39 is 22.4 Å². The van der Waals surface area contributed by atoms with E-state index in [4.69, 9.17) is 16.3 Å². The number of hydrogen-bond donors (Lipinski definition) is 2. The fourth-order valence-corrected chi connectivity index (χ4v) is 1.66. The van der Waals surface area contributed by atoms with Crippen LogP contribution in [0.15, 0.2) is 12.1 Å². The van der Waals surface area contributed by atoms with Gasteiger partial charge in [-0.3, -0.25) is 10.1 Å². The predicted octanol–water partition coefficient (Wildman–Crippen LogP) is 3.32. The van der Waals surface area contributed by atoms with Gasteiger partial charge in [0.25, 0.3) is 5.69 Å². The highest BCUT2D eigenvalue weighted by Crippen LogP contribution is 2.30. The molecule has 0 spiro atoms. The zero-order valence-corrected chi connectivity index (χ0v) is 13.2. The van der Waals surface area contributed by atoms with Crippen LogP contribution in [0.25, 0.3) is 0 Å². The van der Waals surface area contributed by atoms with Gasteiger partial charge in [-0.25, -0.2) is 9.18 Å². The summed E-state index contributed by atoms with van der Waals surface area (Å²) in [5, 5.41) is 15.7. The summed E-state index contributed by atoms with van der Waals surface area (Å²) in [6.07, 6.45) is -0.605. The third kappa shape index (κ3) is 5.72. The number of nitrogens with zero attached hydrogens (tertiary/aromatic N) is 1. The third-order valence-corrected chi connectivity index (χ3v) is 2.63. The molecule has 0 aromatic heterocycles. The monoisotopic (exact) mass is 333 g/mol. The van der Waals surface area contributed by atoms with E-state index in [9.17, 15) is 19.3 Å². The number of carbonyl (C=O) groups excluding carboxylic acids is 1. The summed E-state index contributed by atoms with van der Waals surface area (Å²) in [7, 11) is 0. The average Bonchev–Trinajstić information content (AvgIpc) is 2.35. The topological polar surface area (TPSA) is 93.5 Å². The van der Waals surface area contributed by atoms with Gasteiger partial charge in [-0.1, -0.05) is 11.6 Å². The molecule has 1 rings (SSSR count). The van der Waals surface area contributed by atoms with E-state index in [2.05, 4.69) is 10.6 Å². The molecular formula is C13H17ClFN3O4. The van der Waals surface area contributed by atoms with E-state index in [1.807, 2.05) is 0 Å². The number of anilines is 1. The van der Waals surface area contributed by atoms with Crippen LogP contribution in [-0.4, -0.2) is 29.7 Å². The number of alkyl carbamates (subject to hydrolysis) is 1. The van der Waals surface area contributed by atoms with Crippen LogP contribution < -0.4 is 10.6 Å². The van der Waals surface area contributed by atoms with Crippen LogP contribution in [-0.2, 0) is 4.74 Å². The first kappa shape index (κ1) is 18.0. The summed E-state index contributed by atoms with van der Waals surface area (Å²) in [5.41, 5.74) is -0.975. The normalized spacial score (nSPS) is 11.0. The van der Waals surface area contributed by atoms with Gasteiger partial charge in [0.05, 0.1) is 9.95 Å². The van der Waals surface area contributed by atoms with Gasteiger partial charge < -0.3 is 15.4 Å². The minimum Gasteiger partial charge on any atom is -0.444 e. The number of benzene rings is 1. The molecule has 7 nitrogen and oxygen atoms in total. The molecule has 1 aromatic rings. The molecule has 2 N–H and O–H groups in total. The third-order valence-electron chi connectivity index (χ3n) is 2.34. The molecule has 0 atom stereocenters. The first-order valence-corrected chi connectivity index (χ1v) is 6.82. The molecule has 9 heteroatoms. The van der Waals surface area contributed by atoms with E-state index in [-0.39, 0.29) is 29.5 Å². The summed E-state index contributed by atoms with van der Waals surface area (Å²) >= 11 is 5.51. The molecule has 0 heterocycles. The zero-order valence-electron chi connectivity index (χ0n) is 12.4. The highest BCUT2D eigenvalue weighted by atomic mass is 35.5. The lowest BCUT2D eigenvalue weighted by atomic mass is 10.2. The lowest BCUT2D eigenvalue weighted by molar-refractivity contribution is -0.384.